The first kappa shape index (κ1) is 30.2. The standard InChI is InChI=1S/C35H40ClN5O3/c1-22-31(23(2)39(3)38-22)32-29(36)14-13-28-27(11-7-21-44-30-12-6-9-24-8-4-5-10-26(24)30)34(35(42)43)41(33(28)32)20-19-40-17-15-25(37)16-18-40/h4-6,8-10,12-14,25H,7,11,15-21,37H2,1-3H3,(H,42,43). The number of benzene rings is 3. The van der Waals surface area contributed by atoms with E-state index in [0.717, 1.165) is 88.0 Å². The minimum Gasteiger partial charge on any atom is -0.493 e. The predicted molar refractivity (Wildman–Crippen MR) is 177 cm³/mol. The monoisotopic (exact) mass is 613 g/mol. The maximum absolute atomic E-state index is 13.0. The summed E-state index contributed by atoms with van der Waals surface area (Å²) in [6.07, 6.45) is 3.12. The molecular weight excluding hydrogens is 574 g/mol. The van der Waals surface area contributed by atoms with Gasteiger partial charge in [-0.1, -0.05) is 54.1 Å². The van der Waals surface area contributed by atoms with Gasteiger partial charge >= 0.3 is 5.97 Å². The first-order valence-corrected chi connectivity index (χ1v) is 15.8. The Kier molecular flexibility index (Phi) is 8.67. The van der Waals surface area contributed by atoms with Crippen molar-refractivity contribution in [2.45, 2.75) is 52.1 Å². The highest BCUT2D eigenvalue weighted by molar-refractivity contribution is 6.35. The third kappa shape index (κ3) is 5.70. The van der Waals surface area contributed by atoms with E-state index in [1.807, 2.05) is 66.5 Å². The number of nitrogens with two attached hydrogens (primary N) is 1. The molecule has 1 fully saturated rings. The Morgan fingerprint density at radius 1 is 1.02 bits per heavy atom. The van der Waals surface area contributed by atoms with Crippen LogP contribution in [-0.2, 0) is 20.0 Å². The number of hydrogen-bond acceptors (Lipinski definition) is 5. The highest BCUT2D eigenvalue weighted by Crippen LogP contribution is 2.42. The molecule has 230 valence electrons. The normalized spacial score (nSPS) is 14.6. The Labute approximate surface area is 263 Å². The van der Waals surface area contributed by atoms with Crippen LogP contribution >= 0.6 is 11.6 Å². The Bertz CT molecular complexity index is 1830. The van der Waals surface area contributed by atoms with Crippen molar-refractivity contribution in [2.75, 3.05) is 26.2 Å². The van der Waals surface area contributed by atoms with Gasteiger partial charge in [0.2, 0.25) is 0 Å². The van der Waals surface area contributed by atoms with Gasteiger partial charge in [0.25, 0.3) is 0 Å². The number of ether oxygens (including phenoxy) is 1. The summed E-state index contributed by atoms with van der Waals surface area (Å²) in [4.78, 5) is 15.4. The molecule has 0 bridgehead atoms. The quantitative estimate of drug-likeness (QED) is 0.172. The van der Waals surface area contributed by atoms with Crippen molar-refractivity contribution in [3.8, 4) is 16.9 Å². The number of aromatic nitrogens is 3. The van der Waals surface area contributed by atoms with E-state index in [4.69, 9.17) is 22.1 Å². The van der Waals surface area contributed by atoms with Gasteiger partial charge in [0.15, 0.2) is 0 Å². The van der Waals surface area contributed by atoms with Crippen molar-refractivity contribution < 1.29 is 14.6 Å². The number of fused-ring (bicyclic) bond motifs is 2. The van der Waals surface area contributed by atoms with Crippen molar-refractivity contribution in [3.05, 3.63) is 82.3 Å². The van der Waals surface area contributed by atoms with E-state index in [-0.39, 0.29) is 6.04 Å². The number of halogens is 1. The third-order valence-electron chi connectivity index (χ3n) is 9.09. The molecule has 0 spiro atoms. The van der Waals surface area contributed by atoms with E-state index in [1.54, 1.807) is 0 Å². The van der Waals surface area contributed by atoms with E-state index in [2.05, 4.69) is 28.2 Å². The first-order valence-electron chi connectivity index (χ1n) is 15.4. The highest BCUT2D eigenvalue weighted by atomic mass is 35.5. The van der Waals surface area contributed by atoms with Crippen LogP contribution in [0.4, 0.5) is 0 Å². The Balaban J connectivity index is 1.39. The summed E-state index contributed by atoms with van der Waals surface area (Å²) in [7, 11) is 1.92. The molecule has 1 aliphatic rings. The average Bonchev–Trinajstić information content (AvgIpc) is 3.46. The van der Waals surface area contributed by atoms with E-state index < -0.39 is 5.97 Å². The molecule has 0 saturated carbocycles. The molecule has 2 aromatic heterocycles. The number of aryl methyl sites for hydroxylation is 3. The van der Waals surface area contributed by atoms with Crippen molar-refractivity contribution in [3.63, 3.8) is 0 Å². The third-order valence-corrected chi connectivity index (χ3v) is 9.40. The van der Waals surface area contributed by atoms with Crippen LogP contribution in [0.2, 0.25) is 5.02 Å². The smallest absolute Gasteiger partial charge is 0.352 e. The summed E-state index contributed by atoms with van der Waals surface area (Å²) in [6, 6.07) is 18.3. The Hall–Kier alpha value is -3.85. The van der Waals surface area contributed by atoms with Gasteiger partial charge in [-0.05, 0) is 75.7 Å². The van der Waals surface area contributed by atoms with Gasteiger partial charge in [-0.15, -0.1) is 0 Å². The second-order valence-corrected chi connectivity index (χ2v) is 12.3. The van der Waals surface area contributed by atoms with Crippen molar-refractivity contribution >= 4 is 39.2 Å². The van der Waals surface area contributed by atoms with Crippen molar-refractivity contribution in [1.29, 1.82) is 0 Å². The van der Waals surface area contributed by atoms with E-state index in [9.17, 15) is 9.90 Å². The van der Waals surface area contributed by atoms with Gasteiger partial charge in [-0.3, -0.25) is 4.68 Å². The molecule has 3 aromatic carbocycles. The van der Waals surface area contributed by atoms with Crippen LogP contribution in [0.5, 0.6) is 5.75 Å². The molecule has 0 atom stereocenters. The summed E-state index contributed by atoms with van der Waals surface area (Å²) in [6.45, 7) is 7.56. The maximum Gasteiger partial charge on any atom is 0.352 e. The zero-order valence-electron chi connectivity index (χ0n) is 25.6. The Morgan fingerprint density at radius 2 is 1.77 bits per heavy atom. The second-order valence-electron chi connectivity index (χ2n) is 11.9. The zero-order valence-corrected chi connectivity index (χ0v) is 26.4. The average molecular weight is 614 g/mol. The largest absolute Gasteiger partial charge is 0.493 e. The molecule has 0 radical (unpaired) electrons. The maximum atomic E-state index is 13.0. The number of rotatable bonds is 10. The fourth-order valence-electron chi connectivity index (χ4n) is 6.76. The van der Waals surface area contributed by atoms with Crippen molar-refractivity contribution in [1.82, 2.24) is 19.2 Å². The number of carboxylic acids is 1. The van der Waals surface area contributed by atoms with Crippen LogP contribution in [-0.4, -0.2) is 62.6 Å². The number of aromatic carboxylic acids is 1. The molecule has 0 amide bonds. The molecular formula is C35H40ClN5O3. The topological polar surface area (TPSA) is 98.5 Å². The molecule has 3 heterocycles. The van der Waals surface area contributed by atoms with Gasteiger partial charge in [0.1, 0.15) is 11.4 Å². The van der Waals surface area contributed by atoms with E-state index in [1.165, 1.54) is 0 Å². The lowest BCUT2D eigenvalue weighted by atomic mass is 9.98. The second kappa shape index (κ2) is 12.6. The lowest BCUT2D eigenvalue weighted by Crippen LogP contribution is -2.41. The number of carboxylic acid groups (broad SMARTS) is 1. The molecule has 5 aromatic rings. The molecule has 8 nitrogen and oxygen atoms in total. The van der Waals surface area contributed by atoms with E-state index in [0.29, 0.717) is 36.7 Å². The van der Waals surface area contributed by atoms with Crippen LogP contribution in [0.15, 0.2) is 54.6 Å². The van der Waals surface area contributed by atoms with Gasteiger partial charge in [0.05, 0.1) is 22.8 Å². The van der Waals surface area contributed by atoms with Crippen LogP contribution in [0.25, 0.3) is 32.8 Å². The Morgan fingerprint density at radius 3 is 2.50 bits per heavy atom. The number of hydrogen-bond donors (Lipinski definition) is 2. The predicted octanol–water partition coefficient (Wildman–Crippen LogP) is 6.60. The molecule has 9 heteroatoms. The lowest BCUT2D eigenvalue weighted by Gasteiger charge is -2.30. The fraction of sp³-hybridized carbons (Fsp3) is 0.371. The van der Waals surface area contributed by atoms with Gasteiger partial charge in [-0.25, -0.2) is 4.79 Å². The summed E-state index contributed by atoms with van der Waals surface area (Å²) in [5.74, 6) is -0.102. The van der Waals surface area contributed by atoms with Crippen LogP contribution in [0.3, 0.4) is 0 Å². The number of likely N-dealkylation sites (tertiary alicyclic amines) is 1. The van der Waals surface area contributed by atoms with Gasteiger partial charge in [0, 0.05) is 53.8 Å². The molecule has 0 aliphatic carbocycles. The minimum atomic E-state index is -0.937. The molecule has 1 aliphatic heterocycles. The molecule has 0 unspecified atom stereocenters. The minimum absolute atomic E-state index is 0.234. The SMILES string of the molecule is Cc1nn(C)c(C)c1-c1c(Cl)ccc2c(CCCOc3cccc4ccccc34)c(C(=O)O)n(CCN3CCC(N)CC3)c12. The zero-order chi connectivity index (χ0) is 31.0. The van der Waals surface area contributed by atoms with Crippen LogP contribution in [0.1, 0.15) is 46.7 Å². The molecule has 6 rings (SSSR count). The van der Waals surface area contributed by atoms with Gasteiger partial charge < -0.3 is 25.0 Å². The van der Waals surface area contributed by atoms with Crippen LogP contribution < -0.4 is 10.5 Å². The molecule has 1 saturated heterocycles. The fourth-order valence-corrected chi connectivity index (χ4v) is 7.00. The summed E-state index contributed by atoms with van der Waals surface area (Å²) < 4.78 is 10.1. The number of piperidine rings is 1. The van der Waals surface area contributed by atoms with Crippen LogP contribution in [0, 0.1) is 13.8 Å². The summed E-state index contributed by atoms with van der Waals surface area (Å²) >= 11 is 6.97. The summed E-state index contributed by atoms with van der Waals surface area (Å²) in [5.41, 5.74) is 11.8. The number of carbonyl (C=O) groups is 1. The molecule has 44 heavy (non-hydrogen) atoms. The van der Waals surface area contributed by atoms with E-state index >= 15 is 0 Å². The first-order chi connectivity index (χ1) is 21.2. The van der Waals surface area contributed by atoms with Crippen molar-refractivity contribution in [2.24, 2.45) is 12.8 Å². The summed E-state index contributed by atoms with van der Waals surface area (Å²) in [5, 5.41) is 19.0. The van der Waals surface area contributed by atoms with Gasteiger partial charge in [-0.2, -0.15) is 5.10 Å². The molecule has 3 N–H and O–H groups in total. The lowest BCUT2D eigenvalue weighted by molar-refractivity contribution is 0.0683. The number of nitrogens with zero attached hydrogens (tertiary/aromatic N) is 4. The highest BCUT2D eigenvalue weighted by Gasteiger charge is 2.28.